The number of phenols is 1. The highest BCUT2D eigenvalue weighted by Crippen LogP contribution is 2.26. The summed E-state index contributed by atoms with van der Waals surface area (Å²) in [4.78, 5) is 4.43. The van der Waals surface area contributed by atoms with Crippen molar-refractivity contribution in [1.29, 1.82) is 0 Å². The lowest BCUT2D eigenvalue weighted by molar-refractivity contribution is 0.373. The smallest absolute Gasteiger partial charge is 0.191 e. The second-order valence-electron chi connectivity index (χ2n) is 5.61. The van der Waals surface area contributed by atoms with Gasteiger partial charge in [-0.25, -0.2) is 13.8 Å². The SMILES string of the molecule is CCNC(=NCc1ccc(OC)c(O)c1)NCCc1cc(F)ccc1F.I. The summed E-state index contributed by atoms with van der Waals surface area (Å²) in [5.74, 6) is 0.129. The second kappa shape index (κ2) is 11.6. The molecule has 0 bridgehead atoms. The summed E-state index contributed by atoms with van der Waals surface area (Å²) in [5.41, 5.74) is 1.13. The summed E-state index contributed by atoms with van der Waals surface area (Å²) >= 11 is 0. The molecule has 0 saturated heterocycles. The Morgan fingerprint density at radius 3 is 2.59 bits per heavy atom. The third kappa shape index (κ3) is 7.20. The number of hydrogen-bond donors (Lipinski definition) is 3. The zero-order valence-electron chi connectivity index (χ0n) is 15.3. The molecule has 3 N–H and O–H groups in total. The average Bonchev–Trinajstić information content (AvgIpc) is 2.62. The predicted octanol–water partition coefficient (Wildman–Crippen LogP) is 3.59. The van der Waals surface area contributed by atoms with Crippen molar-refractivity contribution < 1.29 is 18.6 Å². The molecular formula is C19H24F2IN3O2. The van der Waals surface area contributed by atoms with E-state index in [0.717, 1.165) is 17.7 Å². The van der Waals surface area contributed by atoms with Crippen molar-refractivity contribution in [2.75, 3.05) is 20.2 Å². The molecule has 0 fully saturated rings. The first-order valence-electron chi connectivity index (χ1n) is 8.35. The molecule has 2 rings (SSSR count). The average molecular weight is 491 g/mol. The number of hydrogen-bond acceptors (Lipinski definition) is 3. The van der Waals surface area contributed by atoms with Crippen LogP contribution in [0.15, 0.2) is 41.4 Å². The first-order chi connectivity index (χ1) is 12.5. The summed E-state index contributed by atoms with van der Waals surface area (Å²) in [6, 6.07) is 8.50. The van der Waals surface area contributed by atoms with Gasteiger partial charge in [0.1, 0.15) is 11.6 Å². The van der Waals surface area contributed by atoms with Gasteiger partial charge in [0, 0.05) is 13.1 Å². The van der Waals surface area contributed by atoms with Gasteiger partial charge in [0.25, 0.3) is 0 Å². The Balaban J connectivity index is 0.00000364. The molecule has 0 heterocycles. The highest BCUT2D eigenvalue weighted by molar-refractivity contribution is 14.0. The van der Waals surface area contributed by atoms with E-state index in [1.807, 2.05) is 13.0 Å². The number of nitrogens with zero attached hydrogens (tertiary/aromatic N) is 1. The van der Waals surface area contributed by atoms with E-state index < -0.39 is 11.6 Å². The minimum Gasteiger partial charge on any atom is -0.504 e. The molecule has 2 aromatic rings. The quantitative estimate of drug-likeness (QED) is 0.315. The number of benzene rings is 2. The second-order valence-corrected chi connectivity index (χ2v) is 5.61. The molecule has 2 aromatic carbocycles. The largest absolute Gasteiger partial charge is 0.504 e. The molecule has 0 aliphatic rings. The lowest BCUT2D eigenvalue weighted by Gasteiger charge is -2.12. The molecule has 8 heteroatoms. The topological polar surface area (TPSA) is 65.9 Å². The molecule has 27 heavy (non-hydrogen) atoms. The highest BCUT2D eigenvalue weighted by atomic mass is 127. The molecule has 0 spiro atoms. The van der Waals surface area contributed by atoms with Gasteiger partial charge in [-0.05, 0) is 54.8 Å². The van der Waals surface area contributed by atoms with Crippen molar-refractivity contribution >= 4 is 29.9 Å². The number of ether oxygens (including phenoxy) is 1. The van der Waals surface area contributed by atoms with Gasteiger partial charge in [0.2, 0.25) is 0 Å². The fourth-order valence-electron chi connectivity index (χ4n) is 2.40. The molecule has 0 atom stereocenters. The normalized spacial score (nSPS) is 10.9. The van der Waals surface area contributed by atoms with Crippen LogP contribution in [0.2, 0.25) is 0 Å². The van der Waals surface area contributed by atoms with Crippen molar-refractivity contribution in [3.8, 4) is 11.5 Å². The van der Waals surface area contributed by atoms with Gasteiger partial charge in [-0.1, -0.05) is 6.07 Å². The number of aliphatic imine (C=N–C) groups is 1. The van der Waals surface area contributed by atoms with Gasteiger partial charge in [-0.3, -0.25) is 0 Å². The van der Waals surface area contributed by atoms with Gasteiger partial charge in [0.15, 0.2) is 17.5 Å². The van der Waals surface area contributed by atoms with Crippen molar-refractivity contribution in [1.82, 2.24) is 10.6 Å². The predicted molar refractivity (Wildman–Crippen MR) is 113 cm³/mol. The first kappa shape index (κ1) is 22.9. The van der Waals surface area contributed by atoms with Crippen molar-refractivity contribution in [2.45, 2.75) is 19.9 Å². The minimum atomic E-state index is -0.457. The number of halogens is 3. The maximum Gasteiger partial charge on any atom is 0.191 e. The van der Waals surface area contributed by atoms with Crippen LogP contribution in [0.5, 0.6) is 11.5 Å². The Kier molecular flexibility index (Phi) is 9.84. The molecular weight excluding hydrogens is 467 g/mol. The molecule has 148 valence electrons. The van der Waals surface area contributed by atoms with E-state index in [1.165, 1.54) is 13.2 Å². The molecule has 0 amide bonds. The zero-order valence-corrected chi connectivity index (χ0v) is 17.6. The molecule has 0 aromatic heterocycles. The summed E-state index contributed by atoms with van der Waals surface area (Å²) in [7, 11) is 1.49. The number of nitrogens with one attached hydrogen (secondary N) is 2. The van der Waals surface area contributed by atoms with Crippen LogP contribution in [0.4, 0.5) is 8.78 Å². The van der Waals surface area contributed by atoms with Crippen LogP contribution in [0.25, 0.3) is 0 Å². The Labute approximate surface area is 174 Å². The van der Waals surface area contributed by atoms with Crippen molar-refractivity contribution in [2.24, 2.45) is 4.99 Å². The summed E-state index contributed by atoms with van der Waals surface area (Å²) in [6.07, 6.45) is 0.331. The number of rotatable bonds is 7. The van der Waals surface area contributed by atoms with E-state index in [9.17, 15) is 13.9 Å². The molecule has 0 aliphatic heterocycles. The fraction of sp³-hybridized carbons (Fsp3) is 0.316. The molecule has 0 radical (unpaired) electrons. The maximum absolute atomic E-state index is 13.6. The van der Waals surface area contributed by atoms with E-state index in [0.29, 0.717) is 43.3 Å². The van der Waals surface area contributed by atoms with E-state index in [-0.39, 0.29) is 29.7 Å². The third-order valence-electron chi connectivity index (χ3n) is 3.70. The Morgan fingerprint density at radius 1 is 1.15 bits per heavy atom. The number of aromatic hydroxyl groups is 1. The zero-order chi connectivity index (χ0) is 18.9. The van der Waals surface area contributed by atoms with E-state index in [2.05, 4.69) is 15.6 Å². The van der Waals surface area contributed by atoms with Crippen LogP contribution in [-0.2, 0) is 13.0 Å². The lowest BCUT2D eigenvalue weighted by atomic mass is 10.1. The number of guanidine groups is 1. The van der Waals surface area contributed by atoms with E-state index >= 15 is 0 Å². The van der Waals surface area contributed by atoms with Crippen molar-refractivity contribution in [3.05, 3.63) is 59.2 Å². The maximum atomic E-state index is 13.6. The Morgan fingerprint density at radius 2 is 1.93 bits per heavy atom. The molecule has 0 saturated carbocycles. The summed E-state index contributed by atoms with van der Waals surface area (Å²) in [6.45, 7) is 3.35. The van der Waals surface area contributed by atoms with Crippen LogP contribution in [0.3, 0.4) is 0 Å². The van der Waals surface area contributed by atoms with Gasteiger partial charge >= 0.3 is 0 Å². The number of phenolic OH excluding ortho intramolecular Hbond substituents is 1. The Bertz CT molecular complexity index is 773. The Hall–Kier alpha value is -2.10. The molecule has 5 nitrogen and oxygen atoms in total. The monoisotopic (exact) mass is 491 g/mol. The summed E-state index contributed by atoms with van der Waals surface area (Å²) in [5, 5.41) is 16.0. The van der Waals surface area contributed by atoms with Crippen LogP contribution in [0, 0.1) is 11.6 Å². The van der Waals surface area contributed by atoms with Gasteiger partial charge in [-0.2, -0.15) is 0 Å². The van der Waals surface area contributed by atoms with Crippen molar-refractivity contribution in [3.63, 3.8) is 0 Å². The van der Waals surface area contributed by atoms with Crippen LogP contribution in [-0.4, -0.2) is 31.3 Å². The lowest BCUT2D eigenvalue weighted by Crippen LogP contribution is -2.38. The third-order valence-corrected chi connectivity index (χ3v) is 3.70. The number of methoxy groups -OCH3 is 1. The fourth-order valence-corrected chi connectivity index (χ4v) is 2.40. The van der Waals surface area contributed by atoms with Gasteiger partial charge in [-0.15, -0.1) is 24.0 Å². The van der Waals surface area contributed by atoms with Gasteiger partial charge < -0.3 is 20.5 Å². The standard InChI is InChI=1S/C19H23F2N3O2.HI/c1-3-22-19(23-9-8-14-11-15(20)5-6-16(14)21)24-12-13-4-7-18(26-2)17(25)10-13;/h4-7,10-11,25H,3,8-9,12H2,1-2H3,(H2,22,23,24);1H. The van der Waals surface area contributed by atoms with Crippen LogP contribution in [0.1, 0.15) is 18.1 Å². The molecule has 0 aliphatic carbocycles. The van der Waals surface area contributed by atoms with Gasteiger partial charge in [0.05, 0.1) is 13.7 Å². The summed E-state index contributed by atoms with van der Waals surface area (Å²) < 4.78 is 31.8. The first-order valence-corrected chi connectivity index (χ1v) is 8.35. The molecule has 0 unspecified atom stereocenters. The van der Waals surface area contributed by atoms with E-state index in [1.54, 1.807) is 12.1 Å². The van der Waals surface area contributed by atoms with E-state index in [4.69, 9.17) is 4.74 Å². The van der Waals surface area contributed by atoms with Crippen LogP contribution >= 0.6 is 24.0 Å². The highest BCUT2D eigenvalue weighted by Gasteiger charge is 2.05. The minimum absolute atomic E-state index is 0. The van der Waals surface area contributed by atoms with Crippen LogP contribution < -0.4 is 15.4 Å².